The monoisotopic (exact) mass is 554 g/mol. The van der Waals surface area contributed by atoms with E-state index in [1.807, 2.05) is 0 Å². The van der Waals surface area contributed by atoms with Gasteiger partial charge in [0, 0.05) is 18.5 Å². The number of halogens is 3. The number of nitrogens with zero attached hydrogens (tertiary/aromatic N) is 3. The van der Waals surface area contributed by atoms with Gasteiger partial charge in [-0.15, -0.1) is 0 Å². The van der Waals surface area contributed by atoms with Crippen molar-refractivity contribution in [2.24, 2.45) is 0 Å². The van der Waals surface area contributed by atoms with Gasteiger partial charge in [0.25, 0.3) is 0 Å². The van der Waals surface area contributed by atoms with E-state index in [9.17, 15) is 26.4 Å². The van der Waals surface area contributed by atoms with Crippen molar-refractivity contribution in [3.8, 4) is 5.88 Å². The van der Waals surface area contributed by atoms with Crippen molar-refractivity contribution < 1.29 is 39.9 Å². The molecule has 1 amide bonds. The van der Waals surface area contributed by atoms with Crippen LogP contribution in [0.1, 0.15) is 16.7 Å². The van der Waals surface area contributed by atoms with Crippen LogP contribution in [0.3, 0.4) is 0 Å². The number of ether oxygens (including phenoxy) is 1. The number of hydrogen-bond acceptors (Lipinski definition) is 10. The Labute approximate surface area is 214 Å². The highest BCUT2D eigenvalue weighted by Crippen LogP contribution is 2.37. The van der Waals surface area contributed by atoms with Crippen molar-refractivity contribution in [2.75, 3.05) is 23.1 Å². The average Bonchev–Trinajstić information content (AvgIpc) is 2.84. The van der Waals surface area contributed by atoms with Gasteiger partial charge in [-0.2, -0.15) is 26.6 Å². The Kier molecular flexibility index (Phi) is 8.49. The number of aromatic nitrogens is 3. The van der Waals surface area contributed by atoms with Crippen molar-refractivity contribution in [3.63, 3.8) is 0 Å². The number of anilines is 5. The normalized spacial score (nSPS) is 11.5. The number of carbonyl (C=O) groups excluding carboxylic acids is 1. The number of methoxy groups -OCH3 is 1. The molecule has 3 rings (SSSR count). The lowest BCUT2D eigenvalue weighted by Crippen LogP contribution is -2.14. The molecule has 0 saturated heterocycles. The van der Waals surface area contributed by atoms with E-state index in [4.69, 9.17) is 9.29 Å². The van der Waals surface area contributed by atoms with Gasteiger partial charge in [0.05, 0.1) is 30.8 Å². The largest absolute Gasteiger partial charge is 0.481 e. The number of aryl methyl sites for hydroxylation is 1. The number of rotatable bonds is 10. The quantitative estimate of drug-likeness (QED) is 0.210. The molecule has 0 radical (unpaired) electrons. The molecule has 0 fully saturated rings. The number of nitrogens with one attached hydrogen (secondary N) is 3. The molecule has 0 bridgehead atoms. The molecule has 3 aromatic rings. The second-order valence-corrected chi connectivity index (χ2v) is 8.60. The SMILES string of the molecule is C=CC(=O)Nc1cc(COS(=O)(=O)O)ccc1Nc1nc(Nc2cc(OC)ncc2C)ncc1C(F)(F)F. The molecule has 16 heteroatoms. The molecule has 0 unspecified atom stereocenters. The first-order valence-electron chi connectivity index (χ1n) is 10.5. The van der Waals surface area contributed by atoms with Crippen LogP contribution in [0.4, 0.5) is 42.0 Å². The van der Waals surface area contributed by atoms with Crippen molar-refractivity contribution in [3.05, 3.63) is 66.0 Å². The summed E-state index contributed by atoms with van der Waals surface area (Å²) in [6.45, 7) is 4.42. The summed E-state index contributed by atoms with van der Waals surface area (Å²) in [5.41, 5.74) is -0.0526. The lowest BCUT2D eigenvalue weighted by Gasteiger charge is -2.18. The van der Waals surface area contributed by atoms with Gasteiger partial charge in [-0.3, -0.25) is 9.35 Å². The molecule has 4 N–H and O–H groups in total. The van der Waals surface area contributed by atoms with Gasteiger partial charge in [-0.25, -0.2) is 14.2 Å². The average molecular weight is 555 g/mol. The van der Waals surface area contributed by atoms with Gasteiger partial charge in [-0.05, 0) is 36.3 Å². The highest BCUT2D eigenvalue weighted by atomic mass is 32.3. The molecule has 12 nitrogen and oxygen atoms in total. The van der Waals surface area contributed by atoms with Gasteiger partial charge in [0.1, 0.15) is 11.4 Å². The summed E-state index contributed by atoms with van der Waals surface area (Å²) in [7, 11) is -3.36. The minimum Gasteiger partial charge on any atom is -0.481 e. The van der Waals surface area contributed by atoms with E-state index in [0.717, 1.165) is 6.08 Å². The summed E-state index contributed by atoms with van der Waals surface area (Å²) >= 11 is 0. The fourth-order valence-electron chi connectivity index (χ4n) is 2.96. The Morgan fingerprint density at radius 1 is 1.13 bits per heavy atom. The summed E-state index contributed by atoms with van der Waals surface area (Å²) in [5.74, 6) is -1.29. The van der Waals surface area contributed by atoms with Crippen LogP contribution in [0, 0.1) is 6.92 Å². The molecule has 202 valence electrons. The molecule has 2 aromatic heterocycles. The van der Waals surface area contributed by atoms with Crippen LogP contribution in [-0.2, 0) is 32.2 Å². The van der Waals surface area contributed by atoms with E-state index in [1.54, 1.807) is 6.92 Å². The minimum absolute atomic E-state index is 0.0345. The first-order valence-corrected chi connectivity index (χ1v) is 11.8. The van der Waals surface area contributed by atoms with E-state index in [0.29, 0.717) is 17.4 Å². The number of carbonyl (C=O) groups is 1. The Morgan fingerprint density at radius 3 is 2.50 bits per heavy atom. The second kappa shape index (κ2) is 11.4. The second-order valence-electron chi connectivity index (χ2n) is 7.51. The molecular formula is C22H21F3N6O6S. The van der Waals surface area contributed by atoms with Crippen LogP contribution < -0.4 is 20.7 Å². The number of hydrogen-bond donors (Lipinski definition) is 4. The van der Waals surface area contributed by atoms with Gasteiger partial charge in [0.2, 0.25) is 17.7 Å². The highest BCUT2D eigenvalue weighted by molar-refractivity contribution is 7.80. The van der Waals surface area contributed by atoms with E-state index >= 15 is 0 Å². The molecule has 0 atom stereocenters. The van der Waals surface area contributed by atoms with Gasteiger partial charge in [-0.1, -0.05) is 12.6 Å². The Morgan fingerprint density at radius 2 is 1.87 bits per heavy atom. The molecular weight excluding hydrogens is 533 g/mol. The van der Waals surface area contributed by atoms with Gasteiger partial charge < -0.3 is 20.7 Å². The summed E-state index contributed by atoms with van der Waals surface area (Å²) < 4.78 is 81.2. The molecule has 38 heavy (non-hydrogen) atoms. The molecule has 0 aliphatic carbocycles. The van der Waals surface area contributed by atoms with Gasteiger partial charge in [0.15, 0.2) is 0 Å². The number of pyridine rings is 1. The van der Waals surface area contributed by atoms with Crippen LogP contribution in [0.25, 0.3) is 0 Å². The highest BCUT2D eigenvalue weighted by Gasteiger charge is 2.35. The Balaban J connectivity index is 2.02. The van der Waals surface area contributed by atoms with Crippen molar-refractivity contribution in [1.82, 2.24) is 15.0 Å². The minimum atomic E-state index is -4.84. The van der Waals surface area contributed by atoms with Crippen LogP contribution in [0.5, 0.6) is 5.88 Å². The lowest BCUT2D eigenvalue weighted by atomic mass is 10.1. The van der Waals surface area contributed by atoms with Crippen molar-refractivity contribution in [2.45, 2.75) is 19.7 Å². The summed E-state index contributed by atoms with van der Waals surface area (Å²) in [5, 5.41) is 7.76. The van der Waals surface area contributed by atoms with Crippen molar-refractivity contribution >= 4 is 45.1 Å². The molecule has 0 aliphatic rings. The molecule has 2 heterocycles. The van der Waals surface area contributed by atoms with Crippen LogP contribution in [-0.4, -0.2) is 40.9 Å². The molecule has 1 aromatic carbocycles. The maximum Gasteiger partial charge on any atom is 0.421 e. The zero-order chi connectivity index (χ0) is 28.1. The molecule has 0 saturated carbocycles. The molecule has 0 spiro atoms. The van der Waals surface area contributed by atoms with Crippen LogP contribution in [0.2, 0.25) is 0 Å². The zero-order valence-electron chi connectivity index (χ0n) is 19.8. The number of amides is 1. The first-order chi connectivity index (χ1) is 17.8. The third-order valence-electron chi connectivity index (χ3n) is 4.78. The van der Waals surface area contributed by atoms with Crippen molar-refractivity contribution in [1.29, 1.82) is 0 Å². The standard InChI is InChI=1S/C22H21F3N6O6S/c1-4-18(32)28-17-7-13(11-37-38(33,34)35)5-6-15(17)29-20-14(22(23,24)25)10-27-21(31-20)30-16-8-19(36-3)26-9-12(16)2/h4-10H,1,11H2,2-3H3,(H,28,32)(H,33,34,35)(H2,26,27,29,30,31). The topological polar surface area (TPSA) is 165 Å². The fourth-order valence-corrected chi connectivity index (χ4v) is 3.25. The van der Waals surface area contributed by atoms with E-state index < -0.39 is 40.5 Å². The maximum atomic E-state index is 13.8. The van der Waals surface area contributed by atoms with E-state index in [2.05, 4.69) is 41.7 Å². The molecule has 0 aliphatic heterocycles. The van der Waals surface area contributed by atoms with Crippen LogP contribution in [0.15, 0.2) is 49.3 Å². The zero-order valence-corrected chi connectivity index (χ0v) is 20.6. The summed E-state index contributed by atoms with van der Waals surface area (Å²) in [6, 6.07) is 5.31. The predicted octanol–water partition coefficient (Wildman–Crippen LogP) is 4.14. The van der Waals surface area contributed by atoms with Gasteiger partial charge >= 0.3 is 16.6 Å². The van der Waals surface area contributed by atoms with Crippen LogP contribution >= 0.6 is 0 Å². The summed E-state index contributed by atoms with van der Waals surface area (Å²) in [6.07, 6.45) is -1.84. The number of benzene rings is 1. The van der Waals surface area contributed by atoms with E-state index in [-0.39, 0.29) is 28.8 Å². The predicted molar refractivity (Wildman–Crippen MR) is 131 cm³/mol. The maximum absolute atomic E-state index is 13.8. The first kappa shape index (κ1) is 28.3. The lowest BCUT2D eigenvalue weighted by molar-refractivity contribution is -0.137. The number of alkyl halides is 3. The Bertz CT molecular complexity index is 1470. The third-order valence-corrected chi connectivity index (χ3v) is 5.20. The third kappa shape index (κ3) is 7.61. The Hall–Kier alpha value is -4.28. The van der Waals surface area contributed by atoms with E-state index in [1.165, 1.54) is 37.6 Å². The fraction of sp³-hybridized carbons (Fsp3) is 0.182. The smallest absolute Gasteiger partial charge is 0.421 e. The summed E-state index contributed by atoms with van der Waals surface area (Å²) in [4.78, 5) is 23.7.